The summed E-state index contributed by atoms with van der Waals surface area (Å²) in [5.41, 5.74) is 2.55. The molecule has 1 aliphatic heterocycles. The average molecular weight is 403 g/mol. The predicted octanol–water partition coefficient (Wildman–Crippen LogP) is 2.13. The van der Waals surface area contributed by atoms with Crippen molar-refractivity contribution in [2.75, 3.05) is 37.5 Å². The van der Waals surface area contributed by atoms with Gasteiger partial charge in [0.15, 0.2) is 6.54 Å². The maximum atomic E-state index is 12.4. The van der Waals surface area contributed by atoms with Crippen LogP contribution in [0.2, 0.25) is 5.02 Å². The molecule has 148 valence electrons. The molecule has 2 N–H and O–H groups in total. The topological polar surface area (TPSA) is 63.1 Å². The Kier molecular flexibility index (Phi) is 6.54. The molecule has 0 radical (unpaired) electrons. The monoisotopic (exact) mass is 402 g/mol. The first-order chi connectivity index (χ1) is 13.5. The number of carbonyl (C=O) groups is 2. The van der Waals surface area contributed by atoms with E-state index in [0.29, 0.717) is 30.2 Å². The second kappa shape index (κ2) is 9.08. The molecule has 1 heterocycles. The van der Waals surface area contributed by atoms with Crippen molar-refractivity contribution in [2.24, 2.45) is 0 Å². The van der Waals surface area contributed by atoms with Crippen molar-refractivity contribution in [3.63, 3.8) is 0 Å². The number of quaternary nitrogens is 1. The van der Waals surface area contributed by atoms with E-state index >= 15 is 0 Å². The fourth-order valence-corrected chi connectivity index (χ4v) is 3.59. The molecule has 0 saturated carbocycles. The first kappa shape index (κ1) is 20.2. The predicted molar refractivity (Wildman–Crippen MR) is 110 cm³/mol. The molecule has 6 nitrogen and oxygen atoms in total. The molecule has 1 unspecified atom stereocenters. The number of nitrogens with one attached hydrogen (secondary N) is 2. The Morgan fingerprint density at radius 1 is 1.25 bits per heavy atom. The van der Waals surface area contributed by atoms with E-state index in [4.69, 9.17) is 16.3 Å². The van der Waals surface area contributed by atoms with Crippen molar-refractivity contribution < 1.29 is 19.2 Å². The molecule has 1 aliphatic rings. The molecule has 1 fully saturated rings. The van der Waals surface area contributed by atoms with Crippen LogP contribution in [-0.4, -0.2) is 39.1 Å². The number of anilines is 2. The van der Waals surface area contributed by atoms with Gasteiger partial charge in [-0.15, -0.1) is 0 Å². The molecule has 0 aromatic heterocycles. The lowest BCUT2D eigenvalue weighted by Crippen LogP contribution is -3.08. The van der Waals surface area contributed by atoms with Gasteiger partial charge < -0.3 is 19.9 Å². The lowest BCUT2D eigenvalue weighted by Gasteiger charge is -2.17. The summed E-state index contributed by atoms with van der Waals surface area (Å²) in [7, 11) is 3.57. The van der Waals surface area contributed by atoms with E-state index in [1.807, 2.05) is 43.4 Å². The summed E-state index contributed by atoms with van der Waals surface area (Å²) in [5.74, 6) is 0.832. The first-order valence-corrected chi connectivity index (χ1v) is 9.68. The fourth-order valence-electron chi connectivity index (χ4n) is 3.40. The van der Waals surface area contributed by atoms with Crippen LogP contribution in [0.1, 0.15) is 18.4 Å². The SMILES string of the molecule is COc1ccc(Cl)cc1C[NH+](C)CC(=O)Nc1ccc(N2CCCC2=O)cc1. The number of likely N-dealkylation sites (N-methyl/N-ethyl adjacent to an activating group) is 1. The van der Waals surface area contributed by atoms with Crippen LogP contribution in [0.3, 0.4) is 0 Å². The van der Waals surface area contributed by atoms with Crippen molar-refractivity contribution in [1.29, 1.82) is 0 Å². The third kappa shape index (κ3) is 5.03. The number of hydrogen-bond donors (Lipinski definition) is 2. The van der Waals surface area contributed by atoms with Crippen molar-refractivity contribution >= 4 is 34.8 Å². The summed E-state index contributed by atoms with van der Waals surface area (Å²) in [5, 5.41) is 3.55. The molecule has 2 aromatic carbocycles. The lowest BCUT2D eigenvalue weighted by atomic mass is 10.2. The van der Waals surface area contributed by atoms with Gasteiger partial charge in [-0.05, 0) is 48.9 Å². The van der Waals surface area contributed by atoms with Crippen LogP contribution in [0.15, 0.2) is 42.5 Å². The van der Waals surface area contributed by atoms with Gasteiger partial charge in [-0.2, -0.15) is 0 Å². The lowest BCUT2D eigenvalue weighted by molar-refractivity contribution is -0.885. The highest BCUT2D eigenvalue weighted by atomic mass is 35.5. The molecule has 0 bridgehead atoms. The third-order valence-corrected chi connectivity index (χ3v) is 4.97. The van der Waals surface area contributed by atoms with E-state index in [0.717, 1.165) is 34.9 Å². The summed E-state index contributed by atoms with van der Waals surface area (Å²) in [6.45, 7) is 1.68. The van der Waals surface area contributed by atoms with Crippen LogP contribution in [0.25, 0.3) is 0 Å². The minimum atomic E-state index is -0.0801. The van der Waals surface area contributed by atoms with Crippen LogP contribution in [-0.2, 0) is 16.1 Å². The number of hydrogen-bond acceptors (Lipinski definition) is 3. The molecular weight excluding hydrogens is 378 g/mol. The zero-order chi connectivity index (χ0) is 20.1. The van der Waals surface area contributed by atoms with Crippen molar-refractivity contribution in [1.82, 2.24) is 0 Å². The van der Waals surface area contributed by atoms with Gasteiger partial charge in [0.25, 0.3) is 5.91 Å². The molecule has 0 spiro atoms. The third-order valence-electron chi connectivity index (χ3n) is 4.73. The Hall–Kier alpha value is -2.57. The van der Waals surface area contributed by atoms with Crippen molar-refractivity contribution in [3.8, 4) is 5.75 Å². The first-order valence-electron chi connectivity index (χ1n) is 9.30. The van der Waals surface area contributed by atoms with Gasteiger partial charge in [-0.3, -0.25) is 9.59 Å². The average Bonchev–Trinajstić information content (AvgIpc) is 3.08. The largest absolute Gasteiger partial charge is 0.496 e. The van der Waals surface area contributed by atoms with Gasteiger partial charge >= 0.3 is 0 Å². The highest BCUT2D eigenvalue weighted by Crippen LogP contribution is 2.23. The number of carbonyl (C=O) groups excluding carboxylic acids is 2. The molecular formula is C21H25ClN3O3+. The Bertz CT molecular complexity index is 854. The maximum absolute atomic E-state index is 12.4. The van der Waals surface area contributed by atoms with Gasteiger partial charge in [0.1, 0.15) is 12.3 Å². The van der Waals surface area contributed by atoms with Gasteiger partial charge in [-0.25, -0.2) is 0 Å². The molecule has 28 heavy (non-hydrogen) atoms. The van der Waals surface area contributed by atoms with E-state index in [-0.39, 0.29) is 11.8 Å². The summed E-state index contributed by atoms with van der Waals surface area (Å²) in [4.78, 5) is 27.0. The van der Waals surface area contributed by atoms with E-state index in [9.17, 15) is 9.59 Å². The number of benzene rings is 2. The zero-order valence-corrected chi connectivity index (χ0v) is 16.9. The Labute approximate surface area is 170 Å². The molecule has 7 heteroatoms. The van der Waals surface area contributed by atoms with Crippen LogP contribution in [0.4, 0.5) is 11.4 Å². The molecule has 1 atom stereocenters. The number of methoxy groups -OCH3 is 1. The number of nitrogens with zero attached hydrogens (tertiary/aromatic N) is 1. The Balaban J connectivity index is 1.55. The molecule has 2 aromatic rings. The van der Waals surface area contributed by atoms with Crippen LogP contribution in [0.5, 0.6) is 5.75 Å². The van der Waals surface area contributed by atoms with Crippen molar-refractivity contribution in [3.05, 3.63) is 53.1 Å². The Morgan fingerprint density at radius 3 is 2.64 bits per heavy atom. The second-order valence-electron chi connectivity index (χ2n) is 7.01. The van der Waals surface area contributed by atoms with E-state index in [1.54, 1.807) is 18.1 Å². The summed E-state index contributed by atoms with van der Waals surface area (Å²) < 4.78 is 5.36. The van der Waals surface area contributed by atoms with Gasteiger partial charge in [-0.1, -0.05) is 11.6 Å². The minimum absolute atomic E-state index is 0.0801. The summed E-state index contributed by atoms with van der Waals surface area (Å²) >= 11 is 6.07. The number of amides is 2. The molecule has 0 aliphatic carbocycles. The van der Waals surface area contributed by atoms with Crippen LogP contribution >= 0.6 is 11.6 Å². The van der Waals surface area contributed by atoms with E-state index < -0.39 is 0 Å². The molecule has 1 saturated heterocycles. The highest BCUT2D eigenvalue weighted by Gasteiger charge is 2.21. The fraction of sp³-hybridized carbons (Fsp3) is 0.333. The van der Waals surface area contributed by atoms with Crippen LogP contribution < -0.4 is 19.9 Å². The number of halogens is 1. The normalized spacial score (nSPS) is 14.8. The number of ether oxygens (including phenoxy) is 1. The standard InChI is InChI=1S/C21H24ClN3O3/c1-24(13-15-12-16(22)5-10-19(15)28-2)14-20(26)23-17-6-8-18(9-7-17)25-11-3-4-21(25)27/h5-10,12H,3-4,11,13-14H2,1-2H3,(H,23,26)/p+1. The smallest absolute Gasteiger partial charge is 0.279 e. The molecule has 2 amide bonds. The summed E-state index contributed by atoms with van der Waals surface area (Å²) in [6.07, 6.45) is 1.49. The Morgan fingerprint density at radius 2 is 2.00 bits per heavy atom. The summed E-state index contributed by atoms with van der Waals surface area (Å²) in [6, 6.07) is 12.9. The second-order valence-corrected chi connectivity index (χ2v) is 7.45. The van der Waals surface area contributed by atoms with E-state index in [2.05, 4.69) is 5.32 Å². The molecule has 3 rings (SSSR count). The van der Waals surface area contributed by atoms with Gasteiger partial charge in [0.05, 0.1) is 14.2 Å². The maximum Gasteiger partial charge on any atom is 0.279 e. The van der Waals surface area contributed by atoms with Crippen molar-refractivity contribution in [2.45, 2.75) is 19.4 Å². The minimum Gasteiger partial charge on any atom is -0.496 e. The van der Waals surface area contributed by atoms with E-state index in [1.165, 1.54) is 0 Å². The number of rotatable bonds is 7. The van der Waals surface area contributed by atoms with Gasteiger partial charge in [0, 0.05) is 34.9 Å². The van der Waals surface area contributed by atoms with Crippen LogP contribution in [0, 0.1) is 0 Å². The quantitative estimate of drug-likeness (QED) is 0.745. The zero-order valence-electron chi connectivity index (χ0n) is 16.1. The highest BCUT2D eigenvalue weighted by molar-refractivity contribution is 6.30. The van der Waals surface area contributed by atoms with Gasteiger partial charge in [0.2, 0.25) is 5.91 Å².